The molecule has 0 amide bonds. The number of nitrogens with two attached hydrogens (primary N) is 1. The Morgan fingerprint density at radius 2 is 1.87 bits per heavy atom. The van der Waals surface area contributed by atoms with Gasteiger partial charge in [-0.3, -0.25) is 0 Å². The fourth-order valence-electron chi connectivity index (χ4n) is 1.75. The van der Waals surface area contributed by atoms with E-state index in [1.807, 2.05) is 35.4 Å². The third kappa shape index (κ3) is 1.52. The first kappa shape index (κ1) is 10.8. The SMILES string of the molecule is Cn1c(=NN)n(C)c2c(Br)cc(Br)cc21. The van der Waals surface area contributed by atoms with E-state index in [4.69, 9.17) is 5.84 Å². The summed E-state index contributed by atoms with van der Waals surface area (Å²) in [6.07, 6.45) is 0. The molecule has 0 aliphatic heterocycles. The minimum atomic E-state index is 0.726. The summed E-state index contributed by atoms with van der Waals surface area (Å²) in [6.45, 7) is 0. The highest BCUT2D eigenvalue weighted by Gasteiger charge is 2.10. The first-order valence-electron chi connectivity index (χ1n) is 4.30. The van der Waals surface area contributed by atoms with Crippen LogP contribution in [-0.2, 0) is 14.1 Å². The van der Waals surface area contributed by atoms with Crippen LogP contribution in [-0.4, -0.2) is 9.13 Å². The molecular formula is C9H10Br2N4. The van der Waals surface area contributed by atoms with Crippen molar-refractivity contribution in [2.45, 2.75) is 0 Å². The summed E-state index contributed by atoms with van der Waals surface area (Å²) in [5.41, 5.74) is 2.87. The highest BCUT2D eigenvalue weighted by molar-refractivity contribution is 9.11. The second-order valence-corrected chi connectivity index (χ2v) is 5.07. The van der Waals surface area contributed by atoms with E-state index in [9.17, 15) is 0 Å². The molecule has 2 rings (SSSR count). The van der Waals surface area contributed by atoms with Crippen LogP contribution in [0.2, 0.25) is 0 Å². The molecule has 0 atom stereocenters. The van der Waals surface area contributed by atoms with Gasteiger partial charge in [0.15, 0.2) is 0 Å². The number of rotatable bonds is 0. The summed E-state index contributed by atoms with van der Waals surface area (Å²) < 4.78 is 5.93. The molecule has 15 heavy (non-hydrogen) atoms. The van der Waals surface area contributed by atoms with Crippen LogP contribution in [0.1, 0.15) is 0 Å². The molecular weight excluding hydrogens is 324 g/mol. The van der Waals surface area contributed by atoms with Crippen molar-refractivity contribution in [1.29, 1.82) is 0 Å². The third-order valence-corrected chi connectivity index (χ3v) is 3.48. The van der Waals surface area contributed by atoms with E-state index >= 15 is 0 Å². The zero-order valence-corrected chi connectivity index (χ0v) is 11.5. The van der Waals surface area contributed by atoms with Crippen LogP contribution in [0, 0.1) is 0 Å². The van der Waals surface area contributed by atoms with E-state index in [0.29, 0.717) is 0 Å². The second kappa shape index (κ2) is 3.68. The van der Waals surface area contributed by atoms with Crippen LogP contribution < -0.4 is 11.5 Å². The van der Waals surface area contributed by atoms with Gasteiger partial charge >= 0.3 is 0 Å². The van der Waals surface area contributed by atoms with Crippen LogP contribution >= 0.6 is 31.9 Å². The lowest BCUT2D eigenvalue weighted by molar-refractivity contribution is 0.743. The summed E-state index contributed by atoms with van der Waals surface area (Å²) in [7, 11) is 3.87. The summed E-state index contributed by atoms with van der Waals surface area (Å²) in [4.78, 5) is 0. The molecule has 0 bridgehead atoms. The van der Waals surface area contributed by atoms with Crippen molar-refractivity contribution in [1.82, 2.24) is 9.13 Å². The summed E-state index contributed by atoms with van der Waals surface area (Å²) in [5.74, 6) is 5.36. The van der Waals surface area contributed by atoms with Gasteiger partial charge in [-0.1, -0.05) is 15.9 Å². The Hall–Kier alpha value is -0.750. The normalized spacial score (nSPS) is 12.7. The Bertz CT molecular complexity index is 594. The van der Waals surface area contributed by atoms with E-state index in [-0.39, 0.29) is 0 Å². The van der Waals surface area contributed by atoms with Crippen LogP contribution in [0.4, 0.5) is 0 Å². The van der Waals surface area contributed by atoms with Gasteiger partial charge in [0, 0.05) is 23.0 Å². The fraction of sp³-hybridized carbons (Fsp3) is 0.222. The Morgan fingerprint density at radius 3 is 2.47 bits per heavy atom. The van der Waals surface area contributed by atoms with Crippen molar-refractivity contribution < 1.29 is 0 Å². The monoisotopic (exact) mass is 332 g/mol. The second-order valence-electron chi connectivity index (χ2n) is 3.30. The molecule has 1 aromatic heterocycles. The van der Waals surface area contributed by atoms with Crippen molar-refractivity contribution in [3.63, 3.8) is 0 Å². The summed E-state index contributed by atoms with van der Waals surface area (Å²) in [5, 5.41) is 3.77. The van der Waals surface area contributed by atoms with Gasteiger partial charge in [-0.25, -0.2) is 0 Å². The Labute approximate surface area is 104 Å². The maximum absolute atomic E-state index is 5.36. The van der Waals surface area contributed by atoms with Crippen LogP contribution in [0.5, 0.6) is 0 Å². The molecule has 1 aromatic carbocycles. The first-order valence-corrected chi connectivity index (χ1v) is 5.89. The molecule has 0 aliphatic rings. The van der Waals surface area contributed by atoms with Crippen molar-refractivity contribution in [3.8, 4) is 0 Å². The standard InChI is InChI=1S/C9H10Br2N4/c1-14-7-4-5(10)3-6(11)8(7)15(2)9(14)13-12/h3-4H,12H2,1-2H3. The van der Waals surface area contributed by atoms with E-state index in [0.717, 1.165) is 25.6 Å². The molecule has 0 saturated heterocycles. The quantitative estimate of drug-likeness (QED) is 0.580. The number of benzene rings is 1. The molecule has 0 fully saturated rings. The highest BCUT2D eigenvalue weighted by Crippen LogP contribution is 2.27. The van der Waals surface area contributed by atoms with E-state index in [1.54, 1.807) is 0 Å². The molecule has 2 aromatic rings. The lowest BCUT2D eigenvalue weighted by atomic mass is 10.3. The van der Waals surface area contributed by atoms with Gasteiger partial charge in [-0.05, 0) is 28.1 Å². The maximum Gasteiger partial charge on any atom is 0.227 e. The summed E-state index contributed by atoms with van der Waals surface area (Å²) in [6, 6.07) is 4.04. The van der Waals surface area contributed by atoms with Crippen LogP contribution in [0.3, 0.4) is 0 Å². The minimum Gasteiger partial charge on any atom is -0.320 e. The third-order valence-electron chi connectivity index (χ3n) is 2.42. The topological polar surface area (TPSA) is 48.2 Å². The van der Waals surface area contributed by atoms with Gasteiger partial charge < -0.3 is 15.0 Å². The molecule has 4 nitrogen and oxygen atoms in total. The van der Waals surface area contributed by atoms with Crippen molar-refractivity contribution in [2.24, 2.45) is 25.0 Å². The average Bonchev–Trinajstić information content (AvgIpc) is 2.39. The van der Waals surface area contributed by atoms with Crippen LogP contribution in [0.25, 0.3) is 11.0 Å². The number of aryl methyl sites for hydroxylation is 2. The molecule has 1 heterocycles. The Balaban J connectivity index is 3.09. The fourth-order valence-corrected chi connectivity index (χ4v) is 3.21. The van der Waals surface area contributed by atoms with Gasteiger partial charge in [0.1, 0.15) is 0 Å². The van der Waals surface area contributed by atoms with E-state index < -0.39 is 0 Å². The molecule has 0 spiro atoms. The van der Waals surface area contributed by atoms with Gasteiger partial charge in [-0.15, -0.1) is 5.10 Å². The molecule has 0 saturated carbocycles. The predicted molar refractivity (Wildman–Crippen MR) is 67.0 cm³/mol. The maximum atomic E-state index is 5.36. The largest absolute Gasteiger partial charge is 0.320 e. The van der Waals surface area contributed by atoms with Crippen molar-refractivity contribution in [3.05, 3.63) is 26.7 Å². The number of fused-ring (bicyclic) bond motifs is 1. The average molecular weight is 334 g/mol. The van der Waals surface area contributed by atoms with Crippen LogP contribution in [0.15, 0.2) is 26.2 Å². The number of nitrogens with zero attached hydrogens (tertiary/aromatic N) is 3. The number of halogens is 2. The minimum absolute atomic E-state index is 0.726. The first-order chi connectivity index (χ1) is 7.06. The van der Waals surface area contributed by atoms with Crippen molar-refractivity contribution >= 4 is 42.9 Å². The Kier molecular flexibility index (Phi) is 2.64. The number of imidazole rings is 1. The van der Waals surface area contributed by atoms with Gasteiger partial charge in [0.25, 0.3) is 0 Å². The van der Waals surface area contributed by atoms with E-state index in [1.165, 1.54) is 0 Å². The molecule has 6 heteroatoms. The molecule has 0 radical (unpaired) electrons. The lowest BCUT2D eigenvalue weighted by Crippen LogP contribution is -2.23. The predicted octanol–water partition coefficient (Wildman–Crippen LogP) is 1.82. The lowest BCUT2D eigenvalue weighted by Gasteiger charge is -1.99. The number of hydrogen-bond acceptors (Lipinski definition) is 2. The highest BCUT2D eigenvalue weighted by atomic mass is 79.9. The van der Waals surface area contributed by atoms with Gasteiger partial charge in [0.05, 0.1) is 11.0 Å². The number of aromatic nitrogens is 2. The Morgan fingerprint density at radius 1 is 1.20 bits per heavy atom. The van der Waals surface area contributed by atoms with E-state index in [2.05, 4.69) is 37.0 Å². The molecule has 0 aliphatic carbocycles. The molecule has 2 N–H and O–H groups in total. The molecule has 0 unspecified atom stereocenters. The zero-order chi connectivity index (χ0) is 11.2. The van der Waals surface area contributed by atoms with Gasteiger partial charge in [0.2, 0.25) is 5.62 Å². The van der Waals surface area contributed by atoms with Gasteiger partial charge in [-0.2, -0.15) is 0 Å². The van der Waals surface area contributed by atoms with Crippen molar-refractivity contribution in [2.75, 3.05) is 0 Å². The number of hydrogen-bond donors (Lipinski definition) is 1. The smallest absolute Gasteiger partial charge is 0.227 e. The zero-order valence-electron chi connectivity index (χ0n) is 8.33. The summed E-state index contributed by atoms with van der Waals surface area (Å²) >= 11 is 6.99. The molecule has 80 valence electrons.